The van der Waals surface area contributed by atoms with Crippen LogP contribution in [0.3, 0.4) is 0 Å². The second-order valence-corrected chi connectivity index (χ2v) is 8.05. The van der Waals surface area contributed by atoms with Crippen molar-refractivity contribution in [2.24, 2.45) is 0 Å². The highest BCUT2D eigenvalue weighted by Gasteiger charge is 2.17. The van der Waals surface area contributed by atoms with Crippen LogP contribution in [0, 0.1) is 0 Å². The van der Waals surface area contributed by atoms with Gasteiger partial charge in [0.2, 0.25) is 0 Å². The van der Waals surface area contributed by atoms with E-state index >= 15 is 0 Å². The molecule has 0 bridgehead atoms. The van der Waals surface area contributed by atoms with Gasteiger partial charge in [-0.25, -0.2) is 8.42 Å². The summed E-state index contributed by atoms with van der Waals surface area (Å²) in [6.07, 6.45) is 0. The maximum atomic E-state index is 12.7. The number of methoxy groups -OCH3 is 2. The number of anilines is 2. The maximum absolute atomic E-state index is 12.7. The number of hydrogen-bond acceptors (Lipinski definition) is 5. The summed E-state index contributed by atoms with van der Waals surface area (Å²) < 4.78 is 38.2. The van der Waals surface area contributed by atoms with Crippen molar-refractivity contribution in [3.05, 3.63) is 54.6 Å². The highest BCUT2D eigenvalue weighted by atomic mass is 32.2. The smallest absolute Gasteiger partial charge is 0.262 e. The molecule has 0 saturated carbocycles. The Labute approximate surface area is 170 Å². The van der Waals surface area contributed by atoms with E-state index in [2.05, 4.69) is 21.9 Å². The summed E-state index contributed by atoms with van der Waals surface area (Å²) in [5, 5.41) is 6.36. The van der Waals surface area contributed by atoms with Crippen LogP contribution in [0.25, 0.3) is 0 Å². The Morgan fingerprint density at radius 1 is 1.11 bits per heavy atom. The summed E-state index contributed by atoms with van der Waals surface area (Å²) in [5.74, 6) is 0.980. The van der Waals surface area contributed by atoms with Gasteiger partial charge in [-0.1, -0.05) is 12.2 Å². The summed E-state index contributed by atoms with van der Waals surface area (Å²) >= 11 is 5.22. The van der Waals surface area contributed by atoms with Crippen molar-refractivity contribution in [1.29, 1.82) is 0 Å². The molecule has 0 fully saturated rings. The molecule has 0 radical (unpaired) electrons. The second kappa shape index (κ2) is 9.43. The SMILES string of the molecule is C=C(C)CNC(=S)Nc1ccc(S(=O)(=O)Nc2ccc(OC)cc2)cc1OC. The Morgan fingerprint density at radius 2 is 1.79 bits per heavy atom. The summed E-state index contributed by atoms with van der Waals surface area (Å²) in [6, 6.07) is 11.1. The average molecular weight is 422 g/mol. The van der Waals surface area contributed by atoms with E-state index in [0.717, 1.165) is 5.57 Å². The molecule has 28 heavy (non-hydrogen) atoms. The molecule has 7 nitrogen and oxygen atoms in total. The van der Waals surface area contributed by atoms with Crippen LogP contribution in [0.5, 0.6) is 11.5 Å². The van der Waals surface area contributed by atoms with Gasteiger partial charge in [-0.2, -0.15) is 0 Å². The molecular weight excluding hydrogens is 398 g/mol. The molecule has 0 atom stereocenters. The highest BCUT2D eigenvalue weighted by molar-refractivity contribution is 7.92. The fraction of sp³-hybridized carbons (Fsp3) is 0.211. The lowest BCUT2D eigenvalue weighted by molar-refractivity contribution is 0.415. The van der Waals surface area contributed by atoms with Crippen LogP contribution >= 0.6 is 12.2 Å². The van der Waals surface area contributed by atoms with E-state index in [1.54, 1.807) is 37.4 Å². The van der Waals surface area contributed by atoms with Crippen LogP contribution in [0.1, 0.15) is 6.92 Å². The van der Waals surface area contributed by atoms with E-state index in [-0.39, 0.29) is 4.90 Å². The van der Waals surface area contributed by atoms with Crippen molar-refractivity contribution < 1.29 is 17.9 Å². The fourth-order valence-electron chi connectivity index (χ4n) is 2.21. The van der Waals surface area contributed by atoms with Gasteiger partial charge in [-0.15, -0.1) is 0 Å². The normalized spacial score (nSPS) is 10.7. The van der Waals surface area contributed by atoms with Gasteiger partial charge >= 0.3 is 0 Å². The second-order valence-electron chi connectivity index (χ2n) is 5.96. The Hall–Kier alpha value is -2.78. The van der Waals surface area contributed by atoms with E-state index in [1.807, 2.05) is 6.92 Å². The number of thiocarbonyl (C=S) groups is 1. The molecule has 0 saturated heterocycles. The predicted molar refractivity (Wildman–Crippen MR) is 116 cm³/mol. The van der Waals surface area contributed by atoms with Gasteiger partial charge in [-0.3, -0.25) is 4.72 Å². The number of nitrogens with one attached hydrogen (secondary N) is 3. The largest absolute Gasteiger partial charge is 0.497 e. The van der Waals surface area contributed by atoms with E-state index in [0.29, 0.717) is 34.5 Å². The maximum Gasteiger partial charge on any atom is 0.262 e. The summed E-state index contributed by atoms with van der Waals surface area (Å²) in [5.41, 5.74) is 1.90. The lowest BCUT2D eigenvalue weighted by Gasteiger charge is -2.15. The molecule has 3 N–H and O–H groups in total. The van der Waals surface area contributed by atoms with Crippen LogP contribution in [0.4, 0.5) is 11.4 Å². The minimum Gasteiger partial charge on any atom is -0.497 e. The first kappa shape index (κ1) is 21.5. The Morgan fingerprint density at radius 3 is 2.36 bits per heavy atom. The van der Waals surface area contributed by atoms with Crippen molar-refractivity contribution >= 4 is 38.7 Å². The molecule has 0 heterocycles. The van der Waals surface area contributed by atoms with Crippen molar-refractivity contribution in [2.75, 3.05) is 30.8 Å². The molecule has 9 heteroatoms. The van der Waals surface area contributed by atoms with E-state index in [9.17, 15) is 8.42 Å². The van der Waals surface area contributed by atoms with Gasteiger partial charge in [0.05, 0.1) is 24.8 Å². The third-order valence-corrected chi connectivity index (χ3v) is 5.25. The molecule has 150 valence electrons. The molecule has 0 spiro atoms. The monoisotopic (exact) mass is 421 g/mol. The van der Waals surface area contributed by atoms with Gasteiger partial charge in [0.1, 0.15) is 11.5 Å². The van der Waals surface area contributed by atoms with Crippen molar-refractivity contribution in [3.63, 3.8) is 0 Å². The first-order valence-electron chi connectivity index (χ1n) is 8.29. The van der Waals surface area contributed by atoms with Crippen LogP contribution in [-0.4, -0.2) is 34.3 Å². The van der Waals surface area contributed by atoms with Gasteiger partial charge < -0.3 is 20.1 Å². The van der Waals surface area contributed by atoms with E-state index in [1.165, 1.54) is 19.2 Å². The third-order valence-electron chi connectivity index (χ3n) is 3.62. The lowest BCUT2D eigenvalue weighted by atomic mass is 10.3. The molecule has 0 aromatic heterocycles. The zero-order chi connectivity index (χ0) is 20.7. The number of rotatable bonds is 8. The van der Waals surface area contributed by atoms with Gasteiger partial charge in [0, 0.05) is 18.3 Å². The van der Waals surface area contributed by atoms with Crippen LogP contribution in [0.15, 0.2) is 59.5 Å². The van der Waals surface area contributed by atoms with Crippen molar-refractivity contribution in [2.45, 2.75) is 11.8 Å². The van der Waals surface area contributed by atoms with Gasteiger partial charge in [0.25, 0.3) is 10.0 Å². The molecule has 0 aliphatic carbocycles. The summed E-state index contributed by atoms with van der Waals surface area (Å²) in [4.78, 5) is 0.0616. The molecule has 2 aromatic rings. The quantitative estimate of drug-likeness (QED) is 0.445. The van der Waals surface area contributed by atoms with E-state index < -0.39 is 10.0 Å². The number of sulfonamides is 1. The molecular formula is C19H23N3O4S2. The van der Waals surface area contributed by atoms with Gasteiger partial charge in [0.15, 0.2) is 5.11 Å². The molecule has 0 aliphatic rings. The predicted octanol–water partition coefficient (Wildman–Crippen LogP) is 3.37. The first-order chi connectivity index (χ1) is 13.2. The minimum atomic E-state index is -3.79. The Balaban J connectivity index is 2.18. The lowest BCUT2D eigenvalue weighted by Crippen LogP contribution is -2.29. The van der Waals surface area contributed by atoms with Crippen LogP contribution < -0.4 is 24.8 Å². The third kappa shape index (κ3) is 5.86. The number of benzene rings is 2. The highest BCUT2D eigenvalue weighted by Crippen LogP contribution is 2.29. The van der Waals surface area contributed by atoms with E-state index in [4.69, 9.17) is 21.7 Å². The topological polar surface area (TPSA) is 88.7 Å². The number of ether oxygens (including phenoxy) is 2. The Kier molecular flexibility index (Phi) is 7.24. The van der Waals surface area contributed by atoms with Gasteiger partial charge in [-0.05, 0) is 55.5 Å². The molecule has 2 rings (SSSR count). The molecule has 0 unspecified atom stereocenters. The molecule has 0 amide bonds. The van der Waals surface area contributed by atoms with Crippen LogP contribution in [0.2, 0.25) is 0 Å². The zero-order valence-electron chi connectivity index (χ0n) is 15.9. The van der Waals surface area contributed by atoms with Crippen molar-refractivity contribution in [1.82, 2.24) is 5.32 Å². The van der Waals surface area contributed by atoms with Crippen molar-refractivity contribution in [3.8, 4) is 11.5 Å². The fourth-order valence-corrected chi connectivity index (χ4v) is 3.47. The average Bonchev–Trinajstić information content (AvgIpc) is 2.67. The molecule has 0 aliphatic heterocycles. The Bertz CT molecular complexity index is 958. The first-order valence-corrected chi connectivity index (χ1v) is 10.2. The van der Waals surface area contributed by atoms with Crippen LogP contribution in [-0.2, 0) is 10.0 Å². The standard InChI is InChI=1S/C19H23N3O4S2/c1-13(2)12-20-19(27)21-17-10-9-16(11-18(17)26-4)28(23,24)22-14-5-7-15(25-3)8-6-14/h5-11,22H,1,12H2,2-4H3,(H2,20,21,27). The number of hydrogen-bond donors (Lipinski definition) is 3. The zero-order valence-corrected chi connectivity index (χ0v) is 17.5. The summed E-state index contributed by atoms with van der Waals surface area (Å²) in [6.45, 7) is 6.21. The summed E-state index contributed by atoms with van der Waals surface area (Å²) in [7, 11) is -0.792. The minimum absolute atomic E-state index is 0.0616. The molecule has 2 aromatic carbocycles.